The number of aliphatic hydroxyl groups excluding tert-OH is 1. The zero-order valence-electron chi connectivity index (χ0n) is 14.1. The van der Waals surface area contributed by atoms with Crippen LogP contribution < -0.4 is 0 Å². The van der Waals surface area contributed by atoms with E-state index < -0.39 is 6.10 Å². The second-order valence-corrected chi connectivity index (χ2v) is 6.09. The summed E-state index contributed by atoms with van der Waals surface area (Å²) >= 11 is 0. The molecule has 0 radical (unpaired) electrons. The molecule has 0 aliphatic heterocycles. The second-order valence-electron chi connectivity index (χ2n) is 6.09. The minimum atomic E-state index is -0.416. The number of aryl methyl sites for hydroxylation is 1. The average molecular weight is 306 g/mol. The van der Waals surface area contributed by atoms with Gasteiger partial charge >= 0.3 is 0 Å². The van der Waals surface area contributed by atoms with Gasteiger partial charge in [-0.25, -0.2) is 0 Å². The monoisotopic (exact) mass is 306 g/mol. The van der Waals surface area contributed by atoms with Crippen LogP contribution in [0.25, 0.3) is 0 Å². The predicted molar refractivity (Wildman–Crippen MR) is 97.4 cm³/mol. The lowest BCUT2D eigenvalue weighted by atomic mass is 9.90. The Hall–Kier alpha value is -2.04. The third-order valence-electron chi connectivity index (χ3n) is 4.07. The van der Waals surface area contributed by atoms with Gasteiger partial charge in [0.1, 0.15) is 0 Å². The second kappa shape index (κ2) is 9.18. The maximum absolute atomic E-state index is 10.6. The molecule has 1 N–H and O–H groups in total. The molecule has 0 aliphatic rings. The molecule has 0 amide bonds. The first-order chi connectivity index (χ1) is 11.2. The van der Waals surface area contributed by atoms with Gasteiger partial charge in [-0.3, -0.25) is 0 Å². The fourth-order valence-electron chi connectivity index (χ4n) is 2.63. The van der Waals surface area contributed by atoms with Gasteiger partial charge in [0.2, 0.25) is 0 Å². The summed E-state index contributed by atoms with van der Waals surface area (Å²) < 4.78 is 0. The number of benzene rings is 2. The molecule has 2 atom stereocenters. The Morgan fingerprint density at radius 3 is 2.30 bits per heavy atom. The van der Waals surface area contributed by atoms with Gasteiger partial charge in [0.05, 0.1) is 12.0 Å². The fourth-order valence-corrected chi connectivity index (χ4v) is 2.63. The van der Waals surface area contributed by atoms with Crippen LogP contribution in [0, 0.1) is 18.8 Å². The lowest BCUT2D eigenvalue weighted by Gasteiger charge is -2.18. The summed E-state index contributed by atoms with van der Waals surface area (Å²) in [7, 11) is 0. The lowest BCUT2D eigenvalue weighted by molar-refractivity contribution is 0.148. The van der Waals surface area contributed by atoms with Gasteiger partial charge in [0.15, 0.2) is 0 Å². The molecule has 2 aromatic carbocycles. The number of rotatable bonds is 6. The van der Waals surface area contributed by atoms with Gasteiger partial charge in [-0.2, -0.15) is 0 Å². The minimum absolute atomic E-state index is 0.132. The van der Waals surface area contributed by atoms with Crippen molar-refractivity contribution < 1.29 is 5.11 Å². The van der Waals surface area contributed by atoms with Crippen LogP contribution in [-0.2, 0) is 0 Å². The van der Waals surface area contributed by atoms with Crippen molar-refractivity contribution in [3.8, 4) is 11.8 Å². The molecule has 2 aromatic rings. The van der Waals surface area contributed by atoms with Crippen molar-refractivity contribution in [2.75, 3.05) is 0 Å². The quantitative estimate of drug-likeness (QED) is 0.583. The lowest BCUT2D eigenvalue weighted by Crippen LogP contribution is -2.17. The third kappa shape index (κ3) is 5.58. The van der Waals surface area contributed by atoms with Crippen molar-refractivity contribution >= 4 is 0 Å². The molecule has 0 fully saturated rings. The highest BCUT2D eigenvalue weighted by molar-refractivity contribution is 5.39. The average Bonchev–Trinajstić information content (AvgIpc) is 2.58. The summed E-state index contributed by atoms with van der Waals surface area (Å²) in [5, 5.41) is 10.6. The topological polar surface area (TPSA) is 20.2 Å². The van der Waals surface area contributed by atoms with Crippen molar-refractivity contribution in [1.82, 2.24) is 0 Å². The van der Waals surface area contributed by atoms with Gasteiger partial charge in [-0.05, 0) is 31.0 Å². The van der Waals surface area contributed by atoms with Gasteiger partial charge in [-0.15, -0.1) is 0 Å². The zero-order chi connectivity index (χ0) is 16.5. The summed E-state index contributed by atoms with van der Waals surface area (Å²) in [6, 6.07) is 18.3. The van der Waals surface area contributed by atoms with E-state index in [9.17, 15) is 5.11 Å². The Labute approximate surface area is 140 Å². The van der Waals surface area contributed by atoms with Gasteiger partial charge in [0, 0.05) is 5.56 Å². The molecule has 0 bridgehead atoms. The zero-order valence-corrected chi connectivity index (χ0v) is 14.1. The Balaban J connectivity index is 2.20. The Morgan fingerprint density at radius 2 is 1.65 bits per heavy atom. The molecule has 2 rings (SSSR count). The molecule has 23 heavy (non-hydrogen) atoms. The van der Waals surface area contributed by atoms with E-state index in [1.165, 1.54) is 5.56 Å². The van der Waals surface area contributed by atoms with E-state index in [1.54, 1.807) is 0 Å². The molecule has 0 aliphatic carbocycles. The summed E-state index contributed by atoms with van der Waals surface area (Å²) in [4.78, 5) is 0. The number of unbranched alkanes of at least 4 members (excludes halogenated alkanes) is 2. The Bertz CT molecular complexity index is 631. The molecule has 1 nitrogen and oxygen atoms in total. The minimum Gasteiger partial charge on any atom is -0.391 e. The molecule has 0 heterocycles. The molecule has 1 heteroatoms. The highest BCUT2D eigenvalue weighted by Gasteiger charge is 2.18. The van der Waals surface area contributed by atoms with E-state index in [4.69, 9.17) is 0 Å². The van der Waals surface area contributed by atoms with Crippen molar-refractivity contribution in [3.63, 3.8) is 0 Å². The van der Waals surface area contributed by atoms with E-state index in [1.807, 2.05) is 30.3 Å². The first-order valence-corrected chi connectivity index (χ1v) is 8.52. The van der Waals surface area contributed by atoms with Gasteiger partial charge < -0.3 is 5.11 Å². The first kappa shape index (κ1) is 17.3. The Morgan fingerprint density at radius 1 is 0.957 bits per heavy atom. The molecule has 0 aromatic heterocycles. The van der Waals surface area contributed by atoms with Crippen LogP contribution in [0.15, 0.2) is 54.6 Å². The van der Waals surface area contributed by atoms with Crippen LogP contribution in [0.2, 0.25) is 0 Å². The van der Waals surface area contributed by atoms with Crippen molar-refractivity contribution in [3.05, 3.63) is 71.3 Å². The summed E-state index contributed by atoms with van der Waals surface area (Å²) in [6.45, 7) is 4.26. The fraction of sp³-hybridized carbons (Fsp3) is 0.364. The molecular weight excluding hydrogens is 280 g/mol. The van der Waals surface area contributed by atoms with Crippen LogP contribution in [0.4, 0.5) is 0 Å². The summed E-state index contributed by atoms with van der Waals surface area (Å²) in [5.74, 6) is 6.39. The van der Waals surface area contributed by atoms with Crippen LogP contribution >= 0.6 is 0 Å². The first-order valence-electron chi connectivity index (χ1n) is 8.52. The van der Waals surface area contributed by atoms with E-state index in [2.05, 4.69) is 50.0 Å². The molecule has 0 saturated carbocycles. The maximum atomic E-state index is 10.6. The highest BCUT2D eigenvalue weighted by Crippen LogP contribution is 2.23. The predicted octanol–water partition coefficient (Wildman–Crippen LogP) is 5.07. The summed E-state index contributed by atoms with van der Waals surface area (Å²) in [6.07, 6.45) is 3.75. The largest absolute Gasteiger partial charge is 0.391 e. The molecule has 120 valence electrons. The molecule has 1 unspecified atom stereocenters. The SMILES string of the molecule is CCCCC[C@@H](O)C(C#Cc1ccccc1)c1ccc(C)cc1. The van der Waals surface area contributed by atoms with Gasteiger partial charge in [-0.1, -0.05) is 86.1 Å². The van der Waals surface area contributed by atoms with Crippen LogP contribution in [0.1, 0.15) is 55.2 Å². The molecular formula is C22H26O. The van der Waals surface area contributed by atoms with E-state index in [0.29, 0.717) is 0 Å². The number of aliphatic hydroxyl groups is 1. The molecule has 0 saturated heterocycles. The third-order valence-corrected chi connectivity index (χ3v) is 4.07. The number of hydrogen-bond acceptors (Lipinski definition) is 1. The highest BCUT2D eigenvalue weighted by atomic mass is 16.3. The Kier molecular flexibility index (Phi) is 6.91. The standard InChI is InChI=1S/C22H26O/c1-3-4-6-11-22(23)21(20-15-12-18(2)13-16-20)17-14-19-9-7-5-8-10-19/h5,7-10,12-13,15-16,21-23H,3-4,6,11H2,1-2H3/t21?,22-/m1/s1. The maximum Gasteiger partial charge on any atom is 0.0718 e. The van der Waals surface area contributed by atoms with Crippen LogP contribution in [0.3, 0.4) is 0 Å². The summed E-state index contributed by atoms with van der Waals surface area (Å²) in [5.41, 5.74) is 3.32. The van der Waals surface area contributed by atoms with Crippen molar-refractivity contribution in [1.29, 1.82) is 0 Å². The van der Waals surface area contributed by atoms with E-state index in [0.717, 1.165) is 36.8 Å². The van der Waals surface area contributed by atoms with Crippen molar-refractivity contribution in [2.24, 2.45) is 0 Å². The van der Waals surface area contributed by atoms with Gasteiger partial charge in [0.25, 0.3) is 0 Å². The number of hydrogen-bond donors (Lipinski definition) is 1. The van der Waals surface area contributed by atoms with Crippen LogP contribution in [-0.4, -0.2) is 11.2 Å². The van der Waals surface area contributed by atoms with E-state index >= 15 is 0 Å². The molecule has 0 spiro atoms. The van der Waals surface area contributed by atoms with E-state index in [-0.39, 0.29) is 5.92 Å². The van der Waals surface area contributed by atoms with Crippen LogP contribution in [0.5, 0.6) is 0 Å². The normalized spacial score (nSPS) is 13.0. The smallest absolute Gasteiger partial charge is 0.0718 e. The van der Waals surface area contributed by atoms with Crippen molar-refractivity contribution in [2.45, 2.75) is 51.6 Å².